The van der Waals surface area contributed by atoms with Crippen molar-refractivity contribution in [2.45, 2.75) is 13.3 Å². The molecule has 0 saturated heterocycles. The molecule has 0 atom stereocenters. The summed E-state index contributed by atoms with van der Waals surface area (Å²) in [4.78, 5) is 28.4. The van der Waals surface area contributed by atoms with Gasteiger partial charge in [0.2, 0.25) is 11.8 Å². The molecule has 4 aromatic rings. The summed E-state index contributed by atoms with van der Waals surface area (Å²) in [5.74, 6) is 0.317. The summed E-state index contributed by atoms with van der Waals surface area (Å²) >= 11 is 5.90. The number of aromatic nitrogens is 2. The van der Waals surface area contributed by atoms with Gasteiger partial charge < -0.3 is 14.2 Å². The normalized spacial score (nSPS) is 11.1. The predicted molar refractivity (Wildman–Crippen MR) is 105 cm³/mol. The third kappa shape index (κ3) is 3.44. The summed E-state index contributed by atoms with van der Waals surface area (Å²) in [6.45, 7) is 1.77. The summed E-state index contributed by atoms with van der Waals surface area (Å²) < 4.78 is 12.1. The molecule has 0 fully saturated rings. The lowest BCUT2D eigenvalue weighted by Gasteiger charge is -2.04. The SMILES string of the molecule is Cc1oc(-c2ccc(Cl)cc2)nc1CC(=O)Nc1ccc2oc(=O)n(C)c2c1. The van der Waals surface area contributed by atoms with Crippen LogP contribution < -0.4 is 11.1 Å². The summed E-state index contributed by atoms with van der Waals surface area (Å²) in [7, 11) is 1.61. The molecule has 0 aliphatic carbocycles. The Morgan fingerprint density at radius 2 is 1.93 bits per heavy atom. The van der Waals surface area contributed by atoms with Crippen LogP contribution in [0.15, 0.2) is 56.1 Å². The van der Waals surface area contributed by atoms with E-state index in [4.69, 9.17) is 20.4 Å². The molecule has 0 radical (unpaired) electrons. The van der Waals surface area contributed by atoms with Crippen molar-refractivity contribution in [3.8, 4) is 11.5 Å². The second kappa shape index (κ2) is 7.01. The average Bonchev–Trinajstić information content (AvgIpc) is 3.16. The second-order valence-corrected chi connectivity index (χ2v) is 6.80. The Morgan fingerprint density at radius 1 is 1.18 bits per heavy atom. The van der Waals surface area contributed by atoms with E-state index >= 15 is 0 Å². The number of halogens is 1. The Kier molecular flexibility index (Phi) is 4.52. The largest absolute Gasteiger partial charge is 0.441 e. The van der Waals surface area contributed by atoms with Gasteiger partial charge in [0.15, 0.2) is 5.58 Å². The molecule has 2 aromatic heterocycles. The van der Waals surface area contributed by atoms with Gasteiger partial charge in [-0.25, -0.2) is 9.78 Å². The van der Waals surface area contributed by atoms with Gasteiger partial charge in [0.25, 0.3) is 0 Å². The third-order valence-electron chi connectivity index (χ3n) is 4.39. The summed E-state index contributed by atoms with van der Waals surface area (Å²) in [5, 5.41) is 3.43. The predicted octanol–water partition coefficient (Wildman–Crippen LogP) is 3.93. The highest BCUT2D eigenvalue weighted by Gasteiger charge is 2.15. The number of nitrogens with one attached hydrogen (secondary N) is 1. The van der Waals surface area contributed by atoms with Gasteiger partial charge >= 0.3 is 5.76 Å². The summed E-state index contributed by atoms with van der Waals surface area (Å²) in [6, 6.07) is 12.1. The van der Waals surface area contributed by atoms with E-state index in [0.29, 0.717) is 39.2 Å². The van der Waals surface area contributed by atoms with Gasteiger partial charge in [0.05, 0.1) is 17.6 Å². The van der Waals surface area contributed by atoms with Gasteiger partial charge in [-0.1, -0.05) is 11.6 Å². The first-order valence-corrected chi connectivity index (χ1v) is 8.90. The van der Waals surface area contributed by atoms with Crippen LogP contribution in [-0.2, 0) is 18.3 Å². The van der Waals surface area contributed by atoms with Crippen molar-refractivity contribution in [3.05, 3.63) is 69.5 Å². The van der Waals surface area contributed by atoms with E-state index < -0.39 is 5.76 Å². The molecular formula is C20H16ClN3O4. The number of hydrogen-bond acceptors (Lipinski definition) is 5. The van der Waals surface area contributed by atoms with Gasteiger partial charge in [-0.2, -0.15) is 0 Å². The Bertz CT molecular complexity index is 1230. The van der Waals surface area contributed by atoms with Gasteiger partial charge in [0.1, 0.15) is 5.76 Å². The molecule has 1 amide bonds. The number of aryl methyl sites for hydroxylation is 2. The van der Waals surface area contributed by atoms with E-state index in [1.54, 1.807) is 44.3 Å². The van der Waals surface area contributed by atoms with E-state index in [1.807, 2.05) is 12.1 Å². The molecule has 2 aromatic carbocycles. The van der Waals surface area contributed by atoms with Crippen LogP contribution in [0.4, 0.5) is 5.69 Å². The van der Waals surface area contributed by atoms with E-state index in [2.05, 4.69) is 10.3 Å². The quantitative estimate of drug-likeness (QED) is 0.563. The van der Waals surface area contributed by atoms with E-state index in [1.165, 1.54) is 4.57 Å². The van der Waals surface area contributed by atoms with Crippen molar-refractivity contribution >= 4 is 34.3 Å². The molecule has 0 aliphatic heterocycles. The van der Waals surface area contributed by atoms with Crippen LogP contribution >= 0.6 is 11.6 Å². The average molecular weight is 398 g/mol. The van der Waals surface area contributed by atoms with Crippen molar-refractivity contribution < 1.29 is 13.6 Å². The first-order chi connectivity index (χ1) is 13.4. The smallest absolute Gasteiger partial charge is 0.419 e. The highest BCUT2D eigenvalue weighted by atomic mass is 35.5. The molecule has 0 spiro atoms. The number of carbonyl (C=O) groups is 1. The van der Waals surface area contributed by atoms with Crippen molar-refractivity contribution in [3.63, 3.8) is 0 Å². The third-order valence-corrected chi connectivity index (χ3v) is 4.64. The fraction of sp³-hybridized carbons (Fsp3) is 0.150. The number of fused-ring (bicyclic) bond motifs is 1. The first-order valence-electron chi connectivity index (χ1n) is 8.52. The van der Waals surface area contributed by atoms with E-state index in [0.717, 1.165) is 5.56 Å². The Morgan fingerprint density at radius 3 is 2.68 bits per heavy atom. The Balaban J connectivity index is 1.52. The molecule has 28 heavy (non-hydrogen) atoms. The number of amides is 1. The lowest BCUT2D eigenvalue weighted by molar-refractivity contribution is -0.115. The van der Waals surface area contributed by atoms with Crippen molar-refractivity contribution in [2.75, 3.05) is 5.32 Å². The monoisotopic (exact) mass is 397 g/mol. The van der Waals surface area contributed by atoms with E-state index in [-0.39, 0.29) is 12.3 Å². The van der Waals surface area contributed by atoms with Crippen LogP contribution in [0, 0.1) is 6.92 Å². The molecule has 7 nitrogen and oxygen atoms in total. The molecule has 0 unspecified atom stereocenters. The standard InChI is InChI=1S/C20H16ClN3O4/c1-11-15(23-19(27-11)12-3-5-13(21)6-4-12)10-18(25)22-14-7-8-17-16(9-14)24(2)20(26)28-17/h3-9H,10H2,1-2H3,(H,22,25). The molecule has 0 saturated carbocycles. The Labute approximate surface area is 164 Å². The van der Waals surface area contributed by atoms with Crippen LogP contribution in [-0.4, -0.2) is 15.5 Å². The maximum absolute atomic E-state index is 12.4. The minimum Gasteiger partial charge on any atom is -0.441 e. The minimum absolute atomic E-state index is 0.0608. The highest BCUT2D eigenvalue weighted by molar-refractivity contribution is 6.30. The van der Waals surface area contributed by atoms with Crippen molar-refractivity contribution in [1.29, 1.82) is 0 Å². The molecule has 142 valence electrons. The van der Waals surface area contributed by atoms with Gasteiger partial charge in [-0.3, -0.25) is 9.36 Å². The van der Waals surface area contributed by atoms with Gasteiger partial charge in [-0.05, 0) is 49.4 Å². The summed E-state index contributed by atoms with van der Waals surface area (Å²) in [5.41, 5.74) is 2.97. The van der Waals surface area contributed by atoms with E-state index in [9.17, 15) is 9.59 Å². The lowest BCUT2D eigenvalue weighted by atomic mass is 10.2. The number of anilines is 1. The molecular weight excluding hydrogens is 382 g/mol. The number of rotatable bonds is 4. The van der Waals surface area contributed by atoms with Crippen molar-refractivity contribution in [2.24, 2.45) is 7.05 Å². The maximum Gasteiger partial charge on any atom is 0.419 e. The molecule has 0 bridgehead atoms. The maximum atomic E-state index is 12.4. The topological polar surface area (TPSA) is 90.3 Å². The molecule has 0 aliphatic rings. The fourth-order valence-electron chi connectivity index (χ4n) is 2.87. The van der Waals surface area contributed by atoms with Crippen LogP contribution in [0.25, 0.3) is 22.6 Å². The zero-order chi connectivity index (χ0) is 19.8. The Hall–Kier alpha value is -3.32. The molecule has 1 N–H and O–H groups in total. The number of benzene rings is 2. The van der Waals surface area contributed by atoms with Crippen molar-refractivity contribution in [1.82, 2.24) is 9.55 Å². The summed E-state index contributed by atoms with van der Waals surface area (Å²) in [6.07, 6.45) is 0.0608. The van der Waals surface area contributed by atoms with Crippen LogP contribution in [0.5, 0.6) is 0 Å². The van der Waals surface area contributed by atoms with Crippen LogP contribution in [0.3, 0.4) is 0 Å². The number of hydrogen-bond donors (Lipinski definition) is 1. The number of oxazole rings is 2. The van der Waals surface area contributed by atoms with Crippen LogP contribution in [0.1, 0.15) is 11.5 Å². The zero-order valence-corrected chi connectivity index (χ0v) is 15.9. The number of carbonyl (C=O) groups excluding carboxylic acids is 1. The fourth-order valence-corrected chi connectivity index (χ4v) is 3.00. The van der Waals surface area contributed by atoms with Gasteiger partial charge in [0, 0.05) is 23.3 Å². The van der Waals surface area contributed by atoms with Crippen LogP contribution in [0.2, 0.25) is 5.02 Å². The molecule has 8 heteroatoms. The number of nitrogens with zero attached hydrogens (tertiary/aromatic N) is 2. The molecule has 2 heterocycles. The minimum atomic E-state index is -0.452. The zero-order valence-electron chi connectivity index (χ0n) is 15.2. The first kappa shape index (κ1) is 18.1. The highest BCUT2D eigenvalue weighted by Crippen LogP contribution is 2.24. The lowest BCUT2D eigenvalue weighted by Crippen LogP contribution is -2.15. The molecule has 4 rings (SSSR count). The van der Waals surface area contributed by atoms with Gasteiger partial charge in [-0.15, -0.1) is 0 Å². The second-order valence-electron chi connectivity index (χ2n) is 6.36.